The van der Waals surface area contributed by atoms with E-state index in [2.05, 4.69) is 41.6 Å². The molecule has 4 rings (SSSR count). The van der Waals surface area contributed by atoms with Crippen LogP contribution in [-0.4, -0.2) is 41.6 Å². The number of benzene rings is 1. The van der Waals surface area contributed by atoms with Crippen LogP contribution in [0.3, 0.4) is 0 Å². The molecule has 0 aliphatic carbocycles. The van der Waals surface area contributed by atoms with Gasteiger partial charge in [0, 0.05) is 54.5 Å². The summed E-state index contributed by atoms with van der Waals surface area (Å²) in [6.45, 7) is 12.7. The lowest BCUT2D eigenvalue weighted by atomic mass is 10.0. The average molecular weight is 384 g/mol. The topological polar surface area (TPSA) is 49.6 Å². The number of rotatable bonds is 2. The molecule has 27 heavy (non-hydrogen) atoms. The first-order valence-corrected chi connectivity index (χ1v) is 10.2. The van der Waals surface area contributed by atoms with Gasteiger partial charge < -0.3 is 9.32 Å². The van der Waals surface area contributed by atoms with Gasteiger partial charge in [-0.05, 0) is 45.9 Å². The summed E-state index contributed by atoms with van der Waals surface area (Å²) in [5, 5.41) is 3.33. The number of aromatic nitrogens is 1. The number of anilines is 1. The number of piperazine rings is 1. The van der Waals surface area contributed by atoms with Crippen LogP contribution in [0.2, 0.25) is 0 Å². The fraction of sp³-hybridized carbons (Fsp3) is 0.429. The summed E-state index contributed by atoms with van der Waals surface area (Å²) < 4.78 is 5.97. The number of hydrogen-bond acceptors (Lipinski definition) is 6. The number of thiazole rings is 1. The van der Waals surface area contributed by atoms with Crippen molar-refractivity contribution in [2.45, 2.75) is 33.2 Å². The van der Waals surface area contributed by atoms with Crippen molar-refractivity contribution in [1.82, 2.24) is 9.88 Å². The minimum absolute atomic E-state index is 0.0192. The van der Waals surface area contributed by atoms with Gasteiger partial charge in [0.25, 0.3) is 0 Å². The Morgan fingerprint density at radius 1 is 1.11 bits per heavy atom. The maximum atomic E-state index is 12.7. The standard InChI is InChI=1S/C21H25N3O2S/c1-14-13-27-20(22-14)19-12-17(25)16-11-15(5-6-18(16)26-19)23-7-9-24(10-8-23)21(2,3)4/h5-6,11-13H,7-10H2,1-4H3. The van der Waals surface area contributed by atoms with Crippen molar-refractivity contribution in [2.75, 3.05) is 31.1 Å². The van der Waals surface area contributed by atoms with Gasteiger partial charge in [-0.25, -0.2) is 4.98 Å². The van der Waals surface area contributed by atoms with E-state index in [-0.39, 0.29) is 11.0 Å². The zero-order chi connectivity index (χ0) is 19.2. The second-order valence-corrected chi connectivity index (χ2v) is 8.95. The number of nitrogens with zero attached hydrogens (tertiary/aromatic N) is 3. The predicted molar refractivity (Wildman–Crippen MR) is 112 cm³/mol. The van der Waals surface area contributed by atoms with E-state index in [0.29, 0.717) is 16.7 Å². The molecule has 6 heteroatoms. The first-order valence-electron chi connectivity index (χ1n) is 9.32. The number of aryl methyl sites for hydroxylation is 1. The fourth-order valence-corrected chi connectivity index (χ4v) is 4.30. The smallest absolute Gasteiger partial charge is 0.193 e. The highest BCUT2D eigenvalue weighted by Gasteiger charge is 2.26. The van der Waals surface area contributed by atoms with Gasteiger partial charge in [0.15, 0.2) is 16.2 Å². The van der Waals surface area contributed by atoms with Crippen LogP contribution in [0.5, 0.6) is 0 Å². The molecule has 0 unspecified atom stereocenters. The van der Waals surface area contributed by atoms with E-state index in [0.717, 1.165) is 42.6 Å². The monoisotopic (exact) mass is 383 g/mol. The van der Waals surface area contributed by atoms with Gasteiger partial charge in [0.05, 0.1) is 5.39 Å². The molecule has 0 atom stereocenters. The Hall–Kier alpha value is -2.18. The van der Waals surface area contributed by atoms with Crippen molar-refractivity contribution >= 4 is 28.0 Å². The first-order chi connectivity index (χ1) is 12.8. The highest BCUT2D eigenvalue weighted by molar-refractivity contribution is 7.13. The summed E-state index contributed by atoms with van der Waals surface area (Å²) >= 11 is 1.49. The lowest BCUT2D eigenvalue weighted by molar-refractivity contribution is 0.128. The van der Waals surface area contributed by atoms with Crippen molar-refractivity contribution in [2.24, 2.45) is 0 Å². The van der Waals surface area contributed by atoms with Crippen LogP contribution < -0.4 is 10.3 Å². The van der Waals surface area contributed by atoms with Crippen molar-refractivity contribution in [3.63, 3.8) is 0 Å². The van der Waals surface area contributed by atoms with E-state index in [1.807, 2.05) is 24.4 Å². The predicted octanol–water partition coefficient (Wildman–Crippen LogP) is 4.15. The van der Waals surface area contributed by atoms with E-state index in [4.69, 9.17) is 4.42 Å². The van der Waals surface area contributed by atoms with Crippen molar-refractivity contribution in [1.29, 1.82) is 0 Å². The lowest BCUT2D eigenvalue weighted by Crippen LogP contribution is -2.53. The van der Waals surface area contributed by atoms with Gasteiger partial charge in [0.1, 0.15) is 5.58 Å². The largest absolute Gasteiger partial charge is 0.453 e. The SMILES string of the molecule is Cc1csc(-c2cc(=O)c3cc(N4CCN(C(C)(C)C)CC4)ccc3o2)n1. The first kappa shape index (κ1) is 18.2. The second kappa shape index (κ2) is 6.77. The highest BCUT2D eigenvalue weighted by atomic mass is 32.1. The third-order valence-electron chi connectivity index (χ3n) is 5.13. The fourth-order valence-electron chi connectivity index (χ4n) is 3.55. The molecule has 3 aromatic rings. The Kier molecular flexibility index (Phi) is 4.56. The van der Waals surface area contributed by atoms with Crippen LogP contribution in [0.1, 0.15) is 26.5 Å². The van der Waals surface area contributed by atoms with Crippen LogP contribution in [0.15, 0.2) is 38.9 Å². The molecule has 0 spiro atoms. The van der Waals surface area contributed by atoms with Gasteiger partial charge in [-0.2, -0.15) is 0 Å². The Morgan fingerprint density at radius 3 is 2.48 bits per heavy atom. The third-order valence-corrected chi connectivity index (χ3v) is 6.11. The molecule has 3 heterocycles. The van der Waals surface area contributed by atoms with Crippen molar-refractivity contribution in [3.05, 3.63) is 45.6 Å². The summed E-state index contributed by atoms with van der Waals surface area (Å²) in [4.78, 5) is 22.0. The Balaban J connectivity index is 1.62. The highest BCUT2D eigenvalue weighted by Crippen LogP contribution is 2.28. The van der Waals surface area contributed by atoms with Crippen LogP contribution in [0.25, 0.3) is 21.7 Å². The molecule has 1 aliphatic heterocycles. The number of hydrogen-bond donors (Lipinski definition) is 0. The minimum atomic E-state index is -0.0192. The molecule has 0 radical (unpaired) electrons. The second-order valence-electron chi connectivity index (χ2n) is 8.09. The lowest BCUT2D eigenvalue weighted by Gasteiger charge is -2.43. The molecular formula is C21H25N3O2S. The van der Waals surface area contributed by atoms with Crippen LogP contribution in [0.4, 0.5) is 5.69 Å². The minimum Gasteiger partial charge on any atom is -0.453 e. The number of fused-ring (bicyclic) bond motifs is 1. The van der Waals surface area contributed by atoms with Gasteiger partial charge >= 0.3 is 0 Å². The van der Waals surface area contributed by atoms with Crippen LogP contribution in [-0.2, 0) is 0 Å². The molecule has 0 saturated carbocycles. The summed E-state index contributed by atoms with van der Waals surface area (Å²) in [5.41, 5.74) is 2.81. The molecule has 0 N–H and O–H groups in total. The molecule has 142 valence electrons. The van der Waals surface area contributed by atoms with E-state index >= 15 is 0 Å². The van der Waals surface area contributed by atoms with Gasteiger partial charge in [-0.3, -0.25) is 9.69 Å². The van der Waals surface area contributed by atoms with E-state index < -0.39 is 0 Å². The molecule has 1 saturated heterocycles. The average Bonchev–Trinajstić information content (AvgIpc) is 3.07. The quantitative estimate of drug-likeness (QED) is 0.665. The Bertz CT molecular complexity index is 1020. The summed E-state index contributed by atoms with van der Waals surface area (Å²) in [7, 11) is 0. The Morgan fingerprint density at radius 2 is 1.85 bits per heavy atom. The normalized spacial score (nSPS) is 16.2. The van der Waals surface area contributed by atoms with Gasteiger partial charge in [-0.1, -0.05) is 0 Å². The molecular weight excluding hydrogens is 358 g/mol. The molecule has 1 aliphatic rings. The molecule has 0 amide bonds. The Labute approximate surface area is 163 Å². The molecule has 2 aromatic heterocycles. The van der Waals surface area contributed by atoms with E-state index in [1.54, 1.807) is 6.07 Å². The molecule has 0 bridgehead atoms. The zero-order valence-corrected chi connectivity index (χ0v) is 17.1. The van der Waals surface area contributed by atoms with Crippen molar-refractivity contribution < 1.29 is 4.42 Å². The maximum Gasteiger partial charge on any atom is 0.193 e. The summed E-state index contributed by atoms with van der Waals surface area (Å²) in [5.74, 6) is 0.539. The maximum absolute atomic E-state index is 12.7. The summed E-state index contributed by atoms with van der Waals surface area (Å²) in [6.07, 6.45) is 0. The van der Waals surface area contributed by atoms with Crippen LogP contribution in [0, 0.1) is 6.92 Å². The van der Waals surface area contributed by atoms with Crippen molar-refractivity contribution in [3.8, 4) is 10.8 Å². The van der Waals surface area contributed by atoms with E-state index in [9.17, 15) is 4.79 Å². The van der Waals surface area contributed by atoms with Crippen LogP contribution >= 0.6 is 11.3 Å². The van der Waals surface area contributed by atoms with Gasteiger partial charge in [-0.15, -0.1) is 11.3 Å². The van der Waals surface area contributed by atoms with Gasteiger partial charge in [0.2, 0.25) is 0 Å². The zero-order valence-electron chi connectivity index (χ0n) is 16.3. The van der Waals surface area contributed by atoms with E-state index in [1.165, 1.54) is 11.3 Å². The molecule has 1 aromatic carbocycles. The summed E-state index contributed by atoms with van der Waals surface area (Å²) in [6, 6.07) is 7.48. The third kappa shape index (κ3) is 3.64. The molecule has 1 fully saturated rings. The molecule has 5 nitrogen and oxygen atoms in total.